The Kier molecular flexibility index (Phi) is 4.19. The predicted octanol–water partition coefficient (Wildman–Crippen LogP) is 3.39. The average molecular weight is 312 g/mol. The van der Waals surface area contributed by atoms with Gasteiger partial charge >= 0.3 is 5.63 Å². The maximum atomic E-state index is 11.7. The Bertz CT molecular complexity index is 882. The molecule has 0 saturated carbocycles. The molecular formula is C18H16O5. The van der Waals surface area contributed by atoms with Crippen molar-refractivity contribution in [3.05, 3.63) is 64.5 Å². The van der Waals surface area contributed by atoms with Gasteiger partial charge in [-0.25, -0.2) is 4.79 Å². The molecule has 0 aliphatic rings. The highest BCUT2D eigenvalue weighted by Crippen LogP contribution is 2.28. The van der Waals surface area contributed by atoms with E-state index in [0.29, 0.717) is 22.8 Å². The maximum absolute atomic E-state index is 11.7. The fourth-order valence-corrected chi connectivity index (χ4v) is 2.35. The van der Waals surface area contributed by atoms with Gasteiger partial charge in [-0.15, -0.1) is 0 Å². The number of ether oxygens (including phenoxy) is 3. The highest BCUT2D eigenvalue weighted by atomic mass is 16.5. The van der Waals surface area contributed by atoms with Gasteiger partial charge in [-0.05, 0) is 30.3 Å². The number of methoxy groups -OCH3 is 2. The fourth-order valence-electron chi connectivity index (χ4n) is 2.35. The van der Waals surface area contributed by atoms with Crippen LogP contribution >= 0.6 is 0 Å². The zero-order valence-corrected chi connectivity index (χ0v) is 12.9. The van der Waals surface area contributed by atoms with Gasteiger partial charge in [0.25, 0.3) is 0 Å². The summed E-state index contributed by atoms with van der Waals surface area (Å²) in [6, 6.07) is 14.1. The predicted molar refractivity (Wildman–Crippen MR) is 86.4 cm³/mol. The number of fused-ring (bicyclic) bond motifs is 1. The molecule has 5 nitrogen and oxygen atoms in total. The first-order valence-electron chi connectivity index (χ1n) is 7.08. The van der Waals surface area contributed by atoms with Gasteiger partial charge < -0.3 is 18.6 Å². The second-order valence-corrected chi connectivity index (χ2v) is 4.89. The van der Waals surface area contributed by atoms with Crippen LogP contribution in [-0.4, -0.2) is 14.2 Å². The Morgan fingerprint density at radius 2 is 1.74 bits per heavy atom. The van der Waals surface area contributed by atoms with Gasteiger partial charge in [0.2, 0.25) is 0 Å². The SMILES string of the molecule is COc1ccc2oc(=O)cc(COc3ccccc3OC)c2c1. The largest absolute Gasteiger partial charge is 0.497 e. The molecule has 5 heteroatoms. The van der Waals surface area contributed by atoms with Crippen LogP contribution in [-0.2, 0) is 6.61 Å². The van der Waals surface area contributed by atoms with Gasteiger partial charge in [-0.1, -0.05) is 12.1 Å². The van der Waals surface area contributed by atoms with E-state index in [9.17, 15) is 4.79 Å². The third kappa shape index (κ3) is 3.13. The van der Waals surface area contributed by atoms with E-state index in [-0.39, 0.29) is 6.61 Å². The topological polar surface area (TPSA) is 57.9 Å². The first-order valence-corrected chi connectivity index (χ1v) is 7.08. The normalized spacial score (nSPS) is 10.5. The number of benzene rings is 2. The standard InChI is InChI=1S/C18H16O5/c1-20-13-7-8-15-14(10-13)12(9-18(19)23-15)11-22-17-6-4-3-5-16(17)21-2/h3-10H,11H2,1-2H3. The van der Waals surface area contributed by atoms with E-state index in [0.717, 1.165) is 10.9 Å². The first kappa shape index (κ1) is 15.0. The summed E-state index contributed by atoms with van der Waals surface area (Å²) in [6.07, 6.45) is 0. The van der Waals surface area contributed by atoms with Crippen LogP contribution in [0.1, 0.15) is 5.56 Å². The highest BCUT2D eigenvalue weighted by molar-refractivity contribution is 5.81. The van der Waals surface area contributed by atoms with Crippen LogP contribution in [0.25, 0.3) is 11.0 Å². The van der Waals surface area contributed by atoms with Crippen molar-refractivity contribution in [2.24, 2.45) is 0 Å². The Balaban J connectivity index is 1.97. The van der Waals surface area contributed by atoms with E-state index in [1.165, 1.54) is 6.07 Å². The zero-order valence-electron chi connectivity index (χ0n) is 12.9. The number of hydrogen-bond acceptors (Lipinski definition) is 5. The lowest BCUT2D eigenvalue weighted by Gasteiger charge is -2.11. The van der Waals surface area contributed by atoms with Crippen molar-refractivity contribution in [3.8, 4) is 17.2 Å². The van der Waals surface area contributed by atoms with E-state index >= 15 is 0 Å². The summed E-state index contributed by atoms with van der Waals surface area (Å²) in [5.41, 5.74) is 0.805. The molecule has 0 atom stereocenters. The molecule has 0 amide bonds. The molecule has 0 spiro atoms. The van der Waals surface area contributed by atoms with Crippen molar-refractivity contribution in [1.29, 1.82) is 0 Å². The van der Waals surface area contributed by atoms with Crippen molar-refractivity contribution in [2.75, 3.05) is 14.2 Å². The molecule has 118 valence electrons. The Morgan fingerprint density at radius 3 is 2.48 bits per heavy atom. The summed E-state index contributed by atoms with van der Waals surface area (Å²) < 4.78 is 21.5. The van der Waals surface area contributed by atoms with Crippen molar-refractivity contribution < 1.29 is 18.6 Å². The third-order valence-electron chi connectivity index (χ3n) is 3.49. The lowest BCUT2D eigenvalue weighted by atomic mass is 10.1. The first-order chi connectivity index (χ1) is 11.2. The molecule has 1 heterocycles. The molecule has 0 aliphatic carbocycles. The minimum absolute atomic E-state index is 0.218. The molecule has 2 aromatic carbocycles. The summed E-state index contributed by atoms with van der Waals surface area (Å²) in [6.45, 7) is 0.218. The summed E-state index contributed by atoms with van der Waals surface area (Å²) in [4.78, 5) is 11.7. The van der Waals surface area contributed by atoms with Crippen LogP contribution in [0.5, 0.6) is 17.2 Å². The van der Waals surface area contributed by atoms with E-state index in [4.69, 9.17) is 18.6 Å². The summed E-state index contributed by atoms with van der Waals surface area (Å²) in [7, 11) is 3.17. The van der Waals surface area contributed by atoms with E-state index in [1.54, 1.807) is 26.4 Å². The minimum Gasteiger partial charge on any atom is -0.497 e. The quantitative estimate of drug-likeness (QED) is 0.676. The van der Waals surface area contributed by atoms with E-state index in [2.05, 4.69) is 0 Å². The van der Waals surface area contributed by atoms with Crippen LogP contribution in [0.3, 0.4) is 0 Å². The van der Waals surface area contributed by atoms with Crippen LogP contribution in [0.2, 0.25) is 0 Å². The number of hydrogen-bond donors (Lipinski definition) is 0. The Morgan fingerprint density at radius 1 is 0.957 bits per heavy atom. The molecular weight excluding hydrogens is 296 g/mol. The van der Waals surface area contributed by atoms with Gasteiger partial charge in [0.1, 0.15) is 17.9 Å². The molecule has 0 aliphatic heterocycles. The van der Waals surface area contributed by atoms with Gasteiger partial charge in [-0.2, -0.15) is 0 Å². The molecule has 3 rings (SSSR count). The molecule has 23 heavy (non-hydrogen) atoms. The summed E-state index contributed by atoms with van der Waals surface area (Å²) in [5, 5.41) is 0.777. The minimum atomic E-state index is -0.415. The van der Waals surface area contributed by atoms with Gasteiger partial charge in [0, 0.05) is 17.0 Å². The molecule has 1 aromatic heterocycles. The Labute approximate surface area is 133 Å². The molecule has 0 radical (unpaired) electrons. The molecule has 3 aromatic rings. The Hall–Kier alpha value is -2.95. The lowest BCUT2D eigenvalue weighted by molar-refractivity contribution is 0.285. The van der Waals surface area contributed by atoms with Gasteiger partial charge in [-0.3, -0.25) is 0 Å². The third-order valence-corrected chi connectivity index (χ3v) is 3.49. The second kappa shape index (κ2) is 6.44. The van der Waals surface area contributed by atoms with Crippen LogP contribution < -0.4 is 19.8 Å². The fraction of sp³-hybridized carbons (Fsp3) is 0.167. The second-order valence-electron chi connectivity index (χ2n) is 4.89. The van der Waals surface area contributed by atoms with Crippen LogP contribution in [0.15, 0.2) is 57.7 Å². The van der Waals surface area contributed by atoms with Crippen LogP contribution in [0, 0.1) is 0 Å². The van der Waals surface area contributed by atoms with Crippen molar-refractivity contribution in [2.45, 2.75) is 6.61 Å². The monoisotopic (exact) mass is 312 g/mol. The van der Waals surface area contributed by atoms with Gasteiger partial charge in [0.05, 0.1) is 14.2 Å². The summed E-state index contributed by atoms with van der Waals surface area (Å²) >= 11 is 0. The van der Waals surface area contributed by atoms with E-state index < -0.39 is 5.63 Å². The molecule has 0 unspecified atom stereocenters. The maximum Gasteiger partial charge on any atom is 0.336 e. The average Bonchev–Trinajstić information content (AvgIpc) is 2.59. The van der Waals surface area contributed by atoms with Gasteiger partial charge in [0.15, 0.2) is 11.5 Å². The zero-order chi connectivity index (χ0) is 16.2. The van der Waals surface area contributed by atoms with Crippen molar-refractivity contribution in [1.82, 2.24) is 0 Å². The van der Waals surface area contributed by atoms with Crippen LogP contribution in [0.4, 0.5) is 0 Å². The van der Waals surface area contributed by atoms with Crippen molar-refractivity contribution >= 4 is 11.0 Å². The summed E-state index contributed by atoms with van der Waals surface area (Å²) in [5.74, 6) is 1.93. The molecule has 0 bridgehead atoms. The smallest absolute Gasteiger partial charge is 0.336 e. The lowest BCUT2D eigenvalue weighted by Crippen LogP contribution is -2.04. The molecule has 0 saturated heterocycles. The molecule has 0 fully saturated rings. The van der Waals surface area contributed by atoms with E-state index in [1.807, 2.05) is 30.3 Å². The molecule has 0 N–H and O–H groups in total. The number of rotatable bonds is 5. The highest BCUT2D eigenvalue weighted by Gasteiger charge is 2.09. The number of para-hydroxylation sites is 2. The van der Waals surface area contributed by atoms with Crippen molar-refractivity contribution in [3.63, 3.8) is 0 Å².